The molecule has 0 spiro atoms. The van der Waals surface area contributed by atoms with E-state index in [0.717, 1.165) is 31.6 Å². The van der Waals surface area contributed by atoms with E-state index in [0.29, 0.717) is 6.04 Å². The second-order valence-electron chi connectivity index (χ2n) is 4.10. The van der Waals surface area contributed by atoms with Gasteiger partial charge in [-0.25, -0.2) is 0 Å². The van der Waals surface area contributed by atoms with E-state index in [-0.39, 0.29) is 24.8 Å². The molecule has 0 bridgehead atoms. The molecule has 1 atom stereocenters. The van der Waals surface area contributed by atoms with Crippen LogP contribution in [0.25, 0.3) is 0 Å². The van der Waals surface area contributed by atoms with Crippen LogP contribution in [0.3, 0.4) is 0 Å². The fraction of sp³-hybridized carbons (Fsp3) is 0.417. The molecule has 0 amide bonds. The molecular weight excluding hydrogens is 257 g/mol. The Morgan fingerprint density at radius 2 is 2.18 bits per heavy atom. The van der Waals surface area contributed by atoms with Crippen molar-refractivity contribution in [2.45, 2.75) is 19.0 Å². The topological polar surface area (TPSA) is 53.0 Å². The summed E-state index contributed by atoms with van der Waals surface area (Å²) in [7, 11) is 0. The molecule has 3 nitrogen and oxygen atoms in total. The van der Waals surface area contributed by atoms with Gasteiger partial charge in [-0.1, -0.05) is 12.1 Å². The minimum absolute atomic E-state index is 0. The van der Waals surface area contributed by atoms with Gasteiger partial charge in [0.05, 0.1) is 11.6 Å². The molecule has 2 N–H and O–H groups in total. The van der Waals surface area contributed by atoms with Crippen LogP contribution >= 0.6 is 24.8 Å². The summed E-state index contributed by atoms with van der Waals surface area (Å²) in [5.74, 6) is 0. The van der Waals surface area contributed by atoms with Crippen molar-refractivity contribution in [3.63, 3.8) is 0 Å². The van der Waals surface area contributed by atoms with Crippen molar-refractivity contribution in [1.82, 2.24) is 4.90 Å². The highest BCUT2D eigenvalue weighted by molar-refractivity contribution is 5.85. The predicted octanol–water partition coefficient (Wildman–Crippen LogP) is 1.93. The fourth-order valence-electron chi connectivity index (χ4n) is 2.00. The van der Waals surface area contributed by atoms with Gasteiger partial charge in [0, 0.05) is 25.7 Å². The second-order valence-corrected chi connectivity index (χ2v) is 4.10. The second kappa shape index (κ2) is 7.52. The van der Waals surface area contributed by atoms with E-state index in [9.17, 15) is 0 Å². The van der Waals surface area contributed by atoms with Crippen LogP contribution in [0.5, 0.6) is 0 Å². The molecule has 1 heterocycles. The quantitative estimate of drug-likeness (QED) is 0.896. The number of nitrogens with zero attached hydrogens (tertiary/aromatic N) is 2. The zero-order chi connectivity index (χ0) is 10.7. The normalized spacial score (nSPS) is 18.9. The van der Waals surface area contributed by atoms with Crippen LogP contribution in [0.2, 0.25) is 0 Å². The lowest BCUT2D eigenvalue weighted by molar-refractivity contribution is 0.327. The lowest BCUT2D eigenvalue weighted by atomic mass is 10.1. The van der Waals surface area contributed by atoms with Crippen LogP contribution in [0.1, 0.15) is 17.5 Å². The maximum absolute atomic E-state index is 8.78. The maximum atomic E-state index is 8.78. The molecule has 5 heteroatoms. The Hall–Kier alpha value is -0.790. The maximum Gasteiger partial charge on any atom is 0.0991 e. The summed E-state index contributed by atoms with van der Waals surface area (Å²) in [5.41, 5.74) is 7.77. The molecular formula is C12H17Cl2N3. The first-order valence-electron chi connectivity index (χ1n) is 5.25. The number of halogens is 2. The number of hydrogen-bond acceptors (Lipinski definition) is 3. The summed E-state index contributed by atoms with van der Waals surface area (Å²) >= 11 is 0. The Bertz CT molecular complexity index is 390. The van der Waals surface area contributed by atoms with E-state index in [1.807, 2.05) is 18.2 Å². The summed E-state index contributed by atoms with van der Waals surface area (Å²) in [4.78, 5) is 2.33. The molecule has 1 aliphatic heterocycles. The van der Waals surface area contributed by atoms with Gasteiger partial charge in [-0.2, -0.15) is 5.26 Å². The van der Waals surface area contributed by atoms with Crippen LogP contribution < -0.4 is 5.73 Å². The third-order valence-corrected chi connectivity index (χ3v) is 2.77. The van der Waals surface area contributed by atoms with E-state index >= 15 is 0 Å². The third-order valence-electron chi connectivity index (χ3n) is 2.77. The summed E-state index contributed by atoms with van der Waals surface area (Å²) in [6, 6.07) is 10.3. The van der Waals surface area contributed by atoms with Crippen molar-refractivity contribution >= 4 is 24.8 Å². The summed E-state index contributed by atoms with van der Waals surface area (Å²) in [6.45, 7) is 2.94. The average Bonchev–Trinajstić information content (AvgIpc) is 2.64. The smallest absolute Gasteiger partial charge is 0.0991 e. The van der Waals surface area contributed by atoms with E-state index in [4.69, 9.17) is 11.0 Å². The average molecular weight is 274 g/mol. The predicted molar refractivity (Wildman–Crippen MR) is 73.5 cm³/mol. The summed E-state index contributed by atoms with van der Waals surface area (Å²) in [6.07, 6.45) is 1.08. The highest BCUT2D eigenvalue weighted by Gasteiger charge is 2.18. The number of hydrogen-bond donors (Lipinski definition) is 1. The third kappa shape index (κ3) is 4.53. The highest BCUT2D eigenvalue weighted by Crippen LogP contribution is 2.13. The van der Waals surface area contributed by atoms with Gasteiger partial charge in [0.2, 0.25) is 0 Å². The lowest BCUT2D eigenvalue weighted by Crippen LogP contribution is -2.26. The van der Waals surface area contributed by atoms with Crippen molar-refractivity contribution in [2.24, 2.45) is 5.73 Å². The van der Waals surface area contributed by atoms with Gasteiger partial charge in [-0.3, -0.25) is 4.90 Å². The number of nitriles is 1. The molecule has 94 valence electrons. The molecule has 0 unspecified atom stereocenters. The Morgan fingerprint density at radius 3 is 2.76 bits per heavy atom. The first kappa shape index (κ1) is 16.2. The van der Waals surface area contributed by atoms with Gasteiger partial charge in [-0.05, 0) is 24.1 Å². The molecule has 17 heavy (non-hydrogen) atoms. The molecule has 1 fully saturated rings. The number of rotatable bonds is 2. The number of benzene rings is 1. The number of likely N-dealkylation sites (tertiary alicyclic amines) is 1. The Morgan fingerprint density at radius 1 is 1.41 bits per heavy atom. The van der Waals surface area contributed by atoms with Crippen LogP contribution in [0.4, 0.5) is 0 Å². The summed E-state index contributed by atoms with van der Waals surface area (Å²) < 4.78 is 0. The zero-order valence-electron chi connectivity index (χ0n) is 9.50. The SMILES string of the molecule is Cl.Cl.N#Cc1cccc(CN2CC[C@@H](N)C2)c1. The minimum atomic E-state index is 0. The molecule has 0 saturated carbocycles. The largest absolute Gasteiger partial charge is 0.326 e. The Balaban J connectivity index is 0.00000128. The van der Waals surface area contributed by atoms with Gasteiger partial charge in [0.25, 0.3) is 0 Å². The minimum Gasteiger partial charge on any atom is -0.326 e. The molecule has 1 aromatic carbocycles. The van der Waals surface area contributed by atoms with Crippen molar-refractivity contribution in [2.75, 3.05) is 13.1 Å². The fourth-order valence-corrected chi connectivity index (χ4v) is 2.00. The van der Waals surface area contributed by atoms with Gasteiger partial charge in [-0.15, -0.1) is 24.8 Å². The van der Waals surface area contributed by atoms with Crippen LogP contribution in [0.15, 0.2) is 24.3 Å². The molecule has 2 rings (SSSR count). The van der Waals surface area contributed by atoms with Crippen LogP contribution in [-0.4, -0.2) is 24.0 Å². The molecule has 1 saturated heterocycles. The first-order chi connectivity index (χ1) is 7.28. The van der Waals surface area contributed by atoms with Gasteiger partial charge >= 0.3 is 0 Å². The van der Waals surface area contributed by atoms with Crippen molar-refractivity contribution < 1.29 is 0 Å². The van der Waals surface area contributed by atoms with Crippen molar-refractivity contribution in [3.8, 4) is 6.07 Å². The van der Waals surface area contributed by atoms with E-state index in [1.165, 1.54) is 5.56 Å². The van der Waals surface area contributed by atoms with E-state index in [1.54, 1.807) is 0 Å². The van der Waals surface area contributed by atoms with Gasteiger partial charge < -0.3 is 5.73 Å². The molecule has 0 aliphatic carbocycles. The lowest BCUT2D eigenvalue weighted by Gasteiger charge is -2.14. The van der Waals surface area contributed by atoms with Crippen molar-refractivity contribution in [1.29, 1.82) is 5.26 Å². The monoisotopic (exact) mass is 273 g/mol. The zero-order valence-corrected chi connectivity index (χ0v) is 11.1. The summed E-state index contributed by atoms with van der Waals surface area (Å²) in [5, 5.41) is 8.78. The van der Waals surface area contributed by atoms with E-state index in [2.05, 4.69) is 17.0 Å². The van der Waals surface area contributed by atoms with Crippen LogP contribution in [-0.2, 0) is 6.54 Å². The standard InChI is InChI=1S/C12H15N3.2ClH/c13-7-10-2-1-3-11(6-10)8-15-5-4-12(14)9-15;;/h1-3,6,12H,4-5,8-9,14H2;2*1H/t12-;;/m1../s1. The first-order valence-corrected chi connectivity index (χ1v) is 5.25. The van der Waals surface area contributed by atoms with Crippen molar-refractivity contribution in [3.05, 3.63) is 35.4 Å². The Labute approximate surface area is 114 Å². The Kier molecular flexibility index (Phi) is 7.17. The molecule has 1 aliphatic rings. The molecule has 0 aromatic heterocycles. The van der Waals surface area contributed by atoms with E-state index < -0.39 is 0 Å². The van der Waals surface area contributed by atoms with Crippen LogP contribution in [0, 0.1) is 11.3 Å². The molecule has 1 aromatic rings. The highest BCUT2D eigenvalue weighted by atomic mass is 35.5. The van der Waals surface area contributed by atoms with Gasteiger partial charge in [0.1, 0.15) is 0 Å². The van der Waals surface area contributed by atoms with Gasteiger partial charge in [0.15, 0.2) is 0 Å². The molecule has 0 radical (unpaired) electrons. The number of nitrogens with two attached hydrogens (primary N) is 1.